The van der Waals surface area contributed by atoms with E-state index in [0.29, 0.717) is 0 Å². The zero-order valence-corrected chi connectivity index (χ0v) is 9.99. The van der Waals surface area contributed by atoms with Crippen molar-refractivity contribution in [3.05, 3.63) is 0 Å². The minimum absolute atomic E-state index is 0.168. The first-order valence-electron chi connectivity index (χ1n) is 5.70. The minimum atomic E-state index is 0.168. The van der Waals surface area contributed by atoms with E-state index in [-0.39, 0.29) is 5.54 Å². The third-order valence-corrected chi connectivity index (χ3v) is 3.05. The number of hydrogen-bond donors (Lipinski definition) is 0. The lowest BCUT2D eigenvalue weighted by atomic mass is 9.99. The van der Waals surface area contributed by atoms with E-state index in [1.54, 1.807) is 0 Å². The van der Waals surface area contributed by atoms with Gasteiger partial charge in [0.25, 0.3) is 0 Å². The fraction of sp³-hybridized carbons (Fsp3) is 0.909. The van der Waals surface area contributed by atoms with Gasteiger partial charge in [0, 0.05) is 25.3 Å². The summed E-state index contributed by atoms with van der Waals surface area (Å²) in [7, 11) is 0. The molecular weight excluding hydrogens is 190 g/mol. The fourth-order valence-corrected chi connectivity index (χ4v) is 2.27. The lowest BCUT2D eigenvalue weighted by molar-refractivity contribution is -0.0523. The van der Waals surface area contributed by atoms with Crippen LogP contribution >= 0.6 is 0 Å². The van der Waals surface area contributed by atoms with Crippen LogP contribution in [0.1, 0.15) is 33.6 Å². The number of hydrogen-bond acceptors (Lipinski definition) is 4. The predicted molar refractivity (Wildman–Crippen MR) is 60.7 cm³/mol. The predicted octanol–water partition coefficient (Wildman–Crippen LogP) is 1.48. The Hall–Kier alpha value is -0.610. The van der Waals surface area contributed by atoms with Gasteiger partial charge in [0.05, 0.1) is 12.2 Å². The molecule has 0 aromatic heterocycles. The monoisotopic (exact) mass is 211 g/mol. The van der Waals surface area contributed by atoms with Crippen LogP contribution in [0, 0.1) is 0 Å². The van der Waals surface area contributed by atoms with Gasteiger partial charge in [-0.15, -0.1) is 0 Å². The van der Waals surface area contributed by atoms with E-state index >= 15 is 0 Å². The summed E-state index contributed by atoms with van der Waals surface area (Å²) in [6.45, 7) is 10.3. The molecule has 2 rings (SSSR count). The van der Waals surface area contributed by atoms with Gasteiger partial charge >= 0.3 is 0 Å². The van der Waals surface area contributed by atoms with Crippen LogP contribution in [0.5, 0.6) is 0 Å². The largest absolute Gasteiger partial charge is 0.366 e. The van der Waals surface area contributed by atoms with Gasteiger partial charge in [0.15, 0.2) is 0 Å². The van der Waals surface area contributed by atoms with Crippen LogP contribution in [0.15, 0.2) is 5.10 Å². The summed E-state index contributed by atoms with van der Waals surface area (Å²) in [5.41, 5.74) is 1.40. The number of rotatable bonds is 2. The van der Waals surface area contributed by atoms with Crippen molar-refractivity contribution >= 4 is 5.71 Å². The Morgan fingerprint density at radius 2 is 2.27 bits per heavy atom. The zero-order chi connectivity index (χ0) is 10.9. The molecule has 0 amide bonds. The highest BCUT2D eigenvalue weighted by Crippen LogP contribution is 2.26. The first kappa shape index (κ1) is 10.9. The summed E-state index contributed by atoms with van der Waals surface area (Å²) in [5, 5.41) is 6.78. The van der Waals surface area contributed by atoms with Crippen LogP contribution in [0.2, 0.25) is 0 Å². The van der Waals surface area contributed by atoms with Crippen molar-refractivity contribution in [1.29, 1.82) is 0 Å². The van der Waals surface area contributed by atoms with Crippen LogP contribution in [-0.4, -0.2) is 47.7 Å². The van der Waals surface area contributed by atoms with Crippen molar-refractivity contribution in [3.63, 3.8) is 0 Å². The second-order valence-corrected chi connectivity index (χ2v) is 5.15. The Morgan fingerprint density at radius 3 is 2.80 bits per heavy atom. The molecule has 0 bridgehead atoms. The lowest BCUT2D eigenvalue weighted by Crippen LogP contribution is -2.46. The van der Waals surface area contributed by atoms with Gasteiger partial charge in [0.2, 0.25) is 0 Å². The van der Waals surface area contributed by atoms with E-state index in [0.717, 1.165) is 39.4 Å². The first-order valence-corrected chi connectivity index (χ1v) is 5.70. The van der Waals surface area contributed by atoms with E-state index in [1.807, 2.05) is 0 Å². The van der Waals surface area contributed by atoms with Crippen LogP contribution in [-0.2, 0) is 4.74 Å². The molecule has 0 aromatic carbocycles. The Bertz CT molecular complexity index is 257. The lowest BCUT2D eigenvalue weighted by Gasteiger charge is -2.36. The van der Waals surface area contributed by atoms with Gasteiger partial charge in [-0.1, -0.05) is 0 Å². The average molecular weight is 211 g/mol. The van der Waals surface area contributed by atoms with Crippen molar-refractivity contribution in [2.24, 2.45) is 5.10 Å². The van der Waals surface area contributed by atoms with Gasteiger partial charge in [-0.2, -0.15) is 5.10 Å². The van der Waals surface area contributed by atoms with Crippen molar-refractivity contribution in [2.75, 3.05) is 26.6 Å². The standard InChI is InChI=1S/C11H21N3O/c1-10-7-11(2,3)14(12-10)8-13-5-4-6-15-9-13/h4-9H2,1-3H3. The normalized spacial score (nSPS) is 26.9. The Morgan fingerprint density at radius 1 is 1.47 bits per heavy atom. The third kappa shape index (κ3) is 2.49. The quantitative estimate of drug-likeness (QED) is 0.692. The van der Waals surface area contributed by atoms with Crippen LogP contribution in [0.3, 0.4) is 0 Å². The maximum Gasteiger partial charge on any atom is 0.100 e. The SMILES string of the molecule is CC1=NN(CN2CCCOC2)C(C)(C)C1. The minimum Gasteiger partial charge on any atom is -0.366 e. The second-order valence-electron chi connectivity index (χ2n) is 5.15. The summed E-state index contributed by atoms with van der Waals surface area (Å²) in [6.07, 6.45) is 2.21. The molecule has 0 aliphatic carbocycles. The molecule has 4 nitrogen and oxygen atoms in total. The van der Waals surface area contributed by atoms with E-state index < -0.39 is 0 Å². The highest BCUT2D eigenvalue weighted by Gasteiger charge is 2.33. The van der Waals surface area contributed by atoms with E-state index in [2.05, 4.69) is 35.8 Å². The maximum atomic E-state index is 5.44. The Kier molecular flexibility index (Phi) is 2.98. The molecule has 0 N–H and O–H groups in total. The summed E-state index contributed by atoms with van der Waals surface area (Å²) in [4.78, 5) is 2.31. The third-order valence-electron chi connectivity index (χ3n) is 3.05. The van der Waals surface area contributed by atoms with Crippen molar-refractivity contribution < 1.29 is 4.74 Å². The number of hydrazone groups is 1. The smallest absolute Gasteiger partial charge is 0.100 e. The molecule has 2 aliphatic rings. The molecule has 1 saturated heterocycles. The average Bonchev–Trinajstić information content (AvgIpc) is 2.41. The molecule has 0 saturated carbocycles. The Labute approximate surface area is 91.9 Å². The van der Waals surface area contributed by atoms with Gasteiger partial charge < -0.3 is 4.74 Å². The molecule has 1 fully saturated rings. The molecule has 2 heterocycles. The zero-order valence-electron chi connectivity index (χ0n) is 9.99. The molecular formula is C11H21N3O. The maximum absolute atomic E-state index is 5.44. The number of ether oxygens (including phenoxy) is 1. The summed E-state index contributed by atoms with van der Waals surface area (Å²) < 4.78 is 5.44. The molecule has 0 unspecified atom stereocenters. The number of nitrogens with zero attached hydrogens (tertiary/aromatic N) is 3. The van der Waals surface area contributed by atoms with Crippen molar-refractivity contribution in [1.82, 2.24) is 9.91 Å². The first-order chi connectivity index (χ1) is 7.08. The van der Waals surface area contributed by atoms with E-state index in [4.69, 9.17) is 4.74 Å². The molecule has 86 valence electrons. The van der Waals surface area contributed by atoms with E-state index in [9.17, 15) is 0 Å². The highest BCUT2D eigenvalue weighted by atomic mass is 16.5. The summed E-state index contributed by atoms with van der Waals surface area (Å²) in [6, 6.07) is 0. The summed E-state index contributed by atoms with van der Waals surface area (Å²) >= 11 is 0. The van der Waals surface area contributed by atoms with Crippen LogP contribution in [0.4, 0.5) is 0 Å². The molecule has 15 heavy (non-hydrogen) atoms. The molecule has 2 aliphatic heterocycles. The van der Waals surface area contributed by atoms with Gasteiger partial charge in [-0.3, -0.25) is 9.91 Å². The van der Waals surface area contributed by atoms with Gasteiger partial charge in [0.1, 0.15) is 6.73 Å². The fourth-order valence-electron chi connectivity index (χ4n) is 2.27. The Balaban J connectivity index is 1.92. The molecule has 0 aromatic rings. The van der Waals surface area contributed by atoms with Crippen molar-refractivity contribution in [3.8, 4) is 0 Å². The topological polar surface area (TPSA) is 28.1 Å². The van der Waals surface area contributed by atoms with Gasteiger partial charge in [-0.25, -0.2) is 0 Å². The van der Waals surface area contributed by atoms with Crippen LogP contribution < -0.4 is 0 Å². The second kappa shape index (κ2) is 4.10. The van der Waals surface area contributed by atoms with Gasteiger partial charge in [-0.05, 0) is 27.2 Å². The van der Waals surface area contributed by atoms with Crippen molar-refractivity contribution in [2.45, 2.75) is 39.2 Å². The highest BCUT2D eigenvalue weighted by molar-refractivity contribution is 5.84. The molecule has 0 radical (unpaired) electrons. The molecule has 4 heteroatoms. The molecule has 0 spiro atoms. The van der Waals surface area contributed by atoms with Crippen LogP contribution in [0.25, 0.3) is 0 Å². The molecule has 0 atom stereocenters. The van der Waals surface area contributed by atoms with E-state index in [1.165, 1.54) is 5.71 Å². The summed E-state index contributed by atoms with van der Waals surface area (Å²) in [5.74, 6) is 0.